The summed E-state index contributed by atoms with van der Waals surface area (Å²) in [6.45, 7) is 1.51. The second kappa shape index (κ2) is 5.32. The molecule has 16 heavy (non-hydrogen) atoms. The Labute approximate surface area is 106 Å². The monoisotopic (exact) mass is 304 g/mol. The fraction of sp³-hybridized carbons (Fsp3) is 0.200. The lowest BCUT2D eigenvalue weighted by atomic mass is 10.2. The largest absolute Gasteiger partial charge is 0.368 e. The summed E-state index contributed by atoms with van der Waals surface area (Å²) in [4.78, 5) is 22.5. The molecule has 1 rings (SSSR count). The summed E-state index contributed by atoms with van der Waals surface area (Å²) in [5.74, 6) is -0.993. The molecule has 4 nitrogen and oxygen atoms in total. The number of hydrogen-bond acceptors (Lipinski definition) is 2. The zero-order valence-electron chi connectivity index (χ0n) is 8.46. The predicted octanol–water partition coefficient (Wildman–Crippen LogP) is 1.71. The van der Waals surface area contributed by atoms with Gasteiger partial charge in [-0.3, -0.25) is 9.59 Å². The molecule has 1 aromatic rings. The van der Waals surface area contributed by atoms with Crippen LogP contribution in [0.5, 0.6) is 0 Å². The highest BCUT2D eigenvalue weighted by Crippen LogP contribution is 2.25. The van der Waals surface area contributed by atoms with Gasteiger partial charge >= 0.3 is 0 Å². The molecule has 0 aliphatic heterocycles. The Bertz CT molecular complexity index is 437. The number of nitrogens with one attached hydrogen (secondary N) is 1. The SMILES string of the molecule is C[C@H](NC(=O)c1cccc(Cl)c1Br)C(N)=O. The summed E-state index contributed by atoms with van der Waals surface area (Å²) in [5.41, 5.74) is 5.40. The average Bonchev–Trinajstić information content (AvgIpc) is 2.21. The number of nitrogens with two attached hydrogens (primary N) is 1. The molecular formula is C10H10BrClN2O2. The van der Waals surface area contributed by atoms with Gasteiger partial charge in [-0.1, -0.05) is 17.7 Å². The predicted molar refractivity (Wildman–Crippen MR) is 65.3 cm³/mol. The van der Waals surface area contributed by atoms with E-state index in [2.05, 4.69) is 21.2 Å². The van der Waals surface area contributed by atoms with Gasteiger partial charge in [-0.05, 0) is 35.0 Å². The van der Waals surface area contributed by atoms with Crippen molar-refractivity contribution in [2.75, 3.05) is 0 Å². The molecule has 0 fully saturated rings. The smallest absolute Gasteiger partial charge is 0.253 e. The number of primary amides is 1. The average molecular weight is 306 g/mol. The van der Waals surface area contributed by atoms with E-state index in [1.165, 1.54) is 6.92 Å². The van der Waals surface area contributed by atoms with E-state index in [-0.39, 0.29) is 0 Å². The van der Waals surface area contributed by atoms with E-state index in [4.69, 9.17) is 17.3 Å². The first-order valence-electron chi connectivity index (χ1n) is 4.47. The molecule has 86 valence electrons. The first-order chi connectivity index (χ1) is 7.43. The van der Waals surface area contributed by atoms with Crippen molar-refractivity contribution in [2.24, 2.45) is 5.73 Å². The quantitative estimate of drug-likeness (QED) is 0.892. The summed E-state index contributed by atoms with van der Waals surface area (Å²) in [5, 5.41) is 2.89. The van der Waals surface area contributed by atoms with E-state index in [1.807, 2.05) is 0 Å². The molecule has 1 atom stereocenters. The van der Waals surface area contributed by atoms with Gasteiger partial charge in [0, 0.05) is 4.47 Å². The summed E-state index contributed by atoms with van der Waals surface area (Å²) >= 11 is 9.04. The van der Waals surface area contributed by atoms with Crippen LogP contribution in [0.1, 0.15) is 17.3 Å². The molecule has 0 unspecified atom stereocenters. The standard InChI is InChI=1S/C10H10BrClN2O2/c1-5(9(13)15)14-10(16)6-3-2-4-7(12)8(6)11/h2-5H,1H3,(H2,13,15)(H,14,16)/t5-/m0/s1. The van der Waals surface area contributed by atoms with Crippen molar-refractivity contribution >= 4 is 39.3 Å². The van der Waals surface area contributed by atoms with E-state index in [0.717, 1.165) is 0 Å². The lowest BCUT2D eigenvalue weighted by molar-refractivity contribution is -0.119. The number of benzene rings is 1. The van der Waals surface area contributed by atoms with Crippen LogP contribution in [0.2, 0.25) is 5.02 Å². The molecule has 0 aromatic heterocycles. The second-order valence-corrected chi connectivity index (χ2v) is 4.40. The van der Waals surface area contributed by atoms with Crippen LogP contribution in [0.15, 0.2) is 22.7 Å². The molecule has 0 aliphatic carbocycles. The van der Waals surface area contributed by atoms with Crippen LogP contribution in [0.25, 0.3) is 0 Å². The Morgan fingerprint density at radius 2 is 2.12 bits per heavy atom. The van der Waals surface area contributed by atoms with Gasteiger partial charge in [0.1, 0.15) is 6.04 Å². The topological polar surface area (TPSA) is 72.2 Å². The number of hydrogen-bond donors (Lipinski definition) is 2. The molecule has 1 aromatic carbocycles. The Morgan fingerprint density at radius 1 is 1.50 bits per heavy atom. The molecule has 0 aliphatic rings. The fourth-order valence-electron chi connectivity index (χ4n) is 1.02. The Balaban J connectivity index is 2.89. The summed E-state index contributed by atoms with van der Waals surface area (Å²) in [6, 6.07) is 4.17. The van der Waals surface area contributed by atoms with Crippen LogP contribution in [0.3, 0.4) is 0 Å². The summed E-state index contributed by atoms with van der Waals surface area (Å²) in [7, 11) is 0. The third kappa shape index (κ3) is 2.96. The molecule has 0 saturated heterocycles. The lowest BCUT2D eigenvalue weighted by Crippen LogP contribution is -2.42. The first-order valence-corrected chi connectivity index (χ1v) is 5.64. The molecule has 0 heterocycles. The van der Waals surface area contributed by atoms with E-state index in [1.54, 1.807) is 18.2 Å². The minimum Gasteiger partial charge on any atom is -0.368 e. The lowest BCUT2D eigenvalue weighted by Gasteiger charge is -2.11. The minimum atomic E-state index is -0.724. The van der Waals surface area contributed by atoms with Gasteiger partial charge in [0.2, 0.25) is 5.91 Å². The summed E-state index contributed by atoms with van der Waals surface area (Å²) < 4.78 is 0.492. The van der Waals surface area contributed by atoms with Crippen molar-refractivity contribution in [1.29, 1.82) is 0 Å². The molecule has 0 radical (unpaired) electrons. The van der Waals surface area contributed by atoms with E-state index >= 15 is 0 Å². The Morgan fingerprint density at radius 3 is 2.69 bits per heavy atom. The van der Waals surface area contributed by atoms with Gasteiger partial charge in [0.05, 0.1) is 10.6 Å². The molecule has 0 spiro atoms. The van der Waals surface area contributed by atoms with Crippen molar-refractivity contribution in [3.63, 3.8) is 0 Å². The number of amides is 2. The van der Waals surface area contributed by atoms with Crippen molar-refractivity contribution in [2.45, 2.75) is 13.0 Å². The fourth-order valence-corrected chi connectivity index (χ4v) is 1.64. The number of carbonyl (C=O) groups is 2. The van der Waals surface area contributed by atoms with E-state index in [0.29, 0.717) is 15.1 Å². The summed E-state index contributed by atoms with van der Waals surface area (Å²) in [6.07, 6.45) is 0. The first kappa shape index (κ1) is 13.0. The van der Waals surface area contributed by atoms with Gasteiger partial charge < -0.3 is 11.1 Å². The minimum absolute atomic E-state index is 0.362. The highest BCUT2D eigenvalue weighted by molar-refractivity contribution is 9.10. The molecule has 0 saturated carbocycles. The van der Waals surface area contributed by atoms with Crippen LogP contribution >= 0.6 is 27.5 Å². The van der Waals surface area contributed by atoms with Gasteiger partial charge in [0.15, 0.2) is 0 Å². The highest BCUT2D eigenvalue weighted by Gasteiger charge is 2.16. The Hall–Kier alpha value is -1.07. The highest BCUT2D eigenvalue weighted by atomic mass is 79.9. The molecule has 3 N–H and O–H groups in total. The van der Waals surface area contributed by atoms with Crippen LogP contribution in [0.4, 0.5) is 0 Å². The van der Waals surface area contributed by atoms with Crippen LogP contribution in [0, 0.1) is 0 Å². The van der Waals surface area contributed by atoms with Gasteiger partial charge in [-0.2, -0.15) is 0 Å². The molecule has 6 heteroatoms. The number of rotatable bonds is 3. The second-order valence-electron chi connectivity index (χ2n) is 3.20. The van der Waals surface area contributed by atoms with E-state index in [9.17, 15) is 9.59 Å². The van der Waals surface area contributed by atoms with Gasteiger partial charge in [0.25, 0.3) is 5.91 Å². The molecule has 2 amide bonds. The maximum atomic E-state index is 11.7. The zero-order valence-corrected chi connectivity index (χ0v) is 10.8. The van der Waals surface area contributed by atoms with Crippen molar-refractivity contribution < 1.29 is 9.59 Å². The van der Waals surface area contributed by atoms with Crippen molar-refractivity contribution in [3.05, 3.63) is 33.3 Å². The van der Waals surface area contributed by atoms with Crippen LogP contribution in [-0.4, -0.2) is 17.9 Å². The third-order valence-electron chi connectivity index (χ3n) is 1.97. The maximum absolute atomic E-state index is 11.7. The van der Waals surface area contributed by atoms with Crippen LogP contribution < -0.4 is 11.1 Å². The van der Waals surface area contributed by atoms with Gasteiger partial charge in [-0.15, -0.1) is 0 Å². The van der Waals surface area contributed by atoms with Crippen molar-refractivity contribution in [3.8, 4) is 0 Å². The van der Waals surface area contributed by atoms with Crippen LogP contribution in [-0.2, 0) is 4.79 Å². The Kier molecular flexibility index (Phi) is 4.32. The maximum Gasteiger partial charge on any atom is 0.253 e. The van der Waals surface area contributed by atoms with Gasteiger partial charge in [-0.25, -0.2) is 0 Å². The molecular weight excluding hydrogens is 295 g/mol. The van der Waals surface area contributed by atoms with E-state index < -0.39 is 17.9 Å². The zero-order chi connectivity index (χ0) is 12.3. The number of carbonyl (C=O) groups excluding carboxylic acids is 2. The normalized spacial score (nSPS) is 11.9. The molecule has 0 bridgehead atoms. The van der Waals surface area contributed by atoms with Crippen molar-refractivity contribution in [1.82, 2.24) is 5.32 Å². The third-order valence-corrected chi connectivity index (χ3v) is 3.37. The number of halogens is 2.